The molecule has 0 atom stereocenters. The summed E-state index contributed by atoms with van der Waals surface area (Å²) in [6.07, 6.45) is 1.60. The number of nitrogens with zero attached hydrogens (tertiary/aromatic N) is 2. The fourth-order valence-electron chi connectivity index (χ4n) is 2.89. The molecule has 0 saturated heterocycles. The second-order valence-corrected chi connectivity index (χ2v) is 6.44. The van der Waals surface area contributed by atoms with Crippen molar-refractivity contribution in [2.45, 2.75) is 6.92 Å². The van der Waals surface area contributed by atoms with Crippen molar-refractivity contribution < 1.29 is 9.21 Å². The van der Waals surface area contributed by atoms with E-state index in [9.17, 15) is 4.79 Å². The number of hydrogen-bond acceptors (Lipinski definition) is 5. The lowest BCUT2D eigenvalue weighted by Gasteiger charge is -2.11. The summed E-state index contributed by atoms with van der Waals surface area (Å²) in [5.74, 6) is 1.75. The molecule has 6 nitrogen and oxygen atoms in total. The summed E-state index contributed by atoms with van der Waals surface area (Å²) >= 11 is 0. The number of furan rings is 1. The van der Waals surface area contributed by atoms with Gasteiger partial charge in [-0.05, 0) is 43.3 Å². The van der Waals surface area contributed by atoms with E-state index in [4.69, 9.17) is 4.42 Å². The Kier molecular flexibility index (Phi) is 5.01. The lowest BCUT2D eigenvalue weighted by molar-refractivity contribution is 0.0955. The van der Waals surface area contributed by atoms with Crippen molar-refractivity contribution in [3.8, 4) is 11.6 Å². The van der Waals surface area contributed by atoms with Crippen molar-refractivity contribution in [3.63, 3.8) is 0 Å². The average molecular weight is 372 g/mol. The van der Waals surface area contributed by atoms with Gasteiger partial charge in [-0.15, -0.1) is 0 Å². The molecule has 0 spiro atoms. The van der Waals surface area contributed by atoms with E-state index in [0.717, 1.165) is 16.5 Å². The Morgan fingerprint density at radius 2 is 1.79 bits per heavy atom. The van der Waals surface area contributed by atoms with Gasteiger partial charge in [-0.25, -0.2) is 9.97 Å². The third-order valence-corrected chi connectivity index (χ3v) is 4.36. The molecule has 2 N–H and O–H groups in total. The van der Waals surface area contributed by atoms with Crippen LogP contribution in [0, 0.1) is 6.92 Å². The Morgan fingerprint density at radius 1 is 0.964 bits per heavy atom. The number of benzene rings is 2. The standard InChI is InChI=1S/C22H20N4O2/c1-15-8-10-16(11-9-15)22(27)24-13-12-23-20-17-5-2-3-6-18(17)25-21(26-20)19-7-4-14-28-19/h2-11,14H,12-13H2,1H3,(H,24,27)(H,23,25,26). The Labute approximate surface area is 162 Å². The van der Waals surface area contributed by atoms with Crippen LogP contribution in [-0.4, -0.2) is 29.0 Å². The van der Waals surface area contributed by atoms with Crippen LogP contribution in [0.1, 0.15) is 15.9 Å². The summed E-state index contributed by atoms with van der Waals surface area (Å²) in [6, 6.07) is 18.9. The minimum Gasteiger partial charge on any atom is -0.461 e. The average Bonchev–Trinajstić information content (AvgIpc) is 3.26. The van der Waals surface area contributed by atoms with E-state index in [1.807, 2.05) is 67.6 Å². The van der Waals surface area contributed by atoms with Gasteiger partial charge in [-0.1, -0.05) is 29.8 Å². The van der Waals surface area contributed by atoms with Gasteiger partial charge in [-0.3, -0.25) is 4.79 Å². The van der Waals surface area contributed by atoms with Gasteiger partial charge in [-0.2, -0.15) is 0 Å². The van der Waals surface area contributed by atoms with Crippen LogP contribution >= 0.6 is 0 Å². The summed E-state index contributed by atoms with van der Waals surface area (Å²) in [4.78, 5) is 21.4. The van der Waals surface area contributed by atoms with Crippen LogP contribution in [0.5, 0.6) is 0 Å². The molecule has 0 bridgehead atoms. The highest BCUT2D eigenvalue weighted by Gasteiger charge is 2.11. The number of anilines is 1. The zero-order chi connectivity index (χ0) is 19.3. The van der Waals surface area contributed by atoms with Gasteiger partial charge in [0.15, 0.2) is 11.6 Å². The van der Waals surface area contributed by atoms with Crippen LogP contribution in [0.15, 0.2) is 71.3 Å². The molecule has 4 aromatic rings. The first-order chi connectivity index (χ1) is 13.7. The lowest BCUT2D eigenvalue weighted by atomic mass is 10.1. The van der Waals surface area contributed by atoms with Crippen molar-refractivity contribution in [1.29, 1.82) is 0 Å². The van der Waals surface area contributed by atoms with Crippen molar-refractivity contribution in [2.24, 2.45) is 0 Å². The van der Waals surface area contributed by atoms with Gasteiger partial charge < -0.3 is 15.1 Å². The molecule has 0 aliphatic carbocycles. The summed E-state index contributed by atoms with van der Waals surface area (Å²) in [7, 11) is 0. The molecule has 4 rings (SSSR count). The number of aryl methyl sites for hydroxylation is 1. The Hall–Kier alpha value is -3.67. The quantitative estimate of drug-likeness (QED) is 0.499. The number of fused-ring (bicyclic) bond motifs is 1. The molecule has 6 heteroatoms. The second-order valence-electron chi connectivity index (χ2n) is 6.44. The van der Waals surface area contributed by atoms with E-state index in [0.29, 0.717) is 36.1 Å². The zero-order valence-electron chi connectivity index (χ0n) is 15.5. The summed E-state index contributed by atoms with van der Waals surface area (Å²) in [5.41, 5.74) is 2.61. The first kappa shape index (κ1) is 17.7. The molecular formula is C22H20N4O2. The van der Waals surface area contributed by atoms with Crippen LogP contribution in [0.25, 0.3) is 22.5 Å². The fourth-order valence-corrected chi connectivity index (χ4v) is 2.89. The minimum absolute atomic E-state index is 0.0920. The van der Waals surface area contributed by atoms with E-state index in [1.165, 1.54) is 0 Å². The van der Waals surface area contributed by atoms with Crippen molar-refractivity contribution in [1.82, 2.24) is 15.3 Å². The summed E-state index contributed by atoms with van der Waals surface area (Å²) < 4.78 is 5.43. The molecule has 2 aromatic heterocycles. The lowest BCUT2D eigenvalue weighted by Crippen LogP contribution is -2.28. The molecule has 0 radical (unpaired) electrons. The summed E-state index contributed by atoms with van der Waals surface area (Å²) in [5, 5.41) is 7.13. The highest BCUT2D eigenvalue weighted by molar-refractivity contribution is 5.94. The van der Waals surface area contributed by atoms with Crippen LogP contribution in [0.3, 0.4) is 0 Å². The zero-order valence-corrected chi connectivity index (χ0v) is 15.5. The van der Waals surface area contributed by atoms with Gasteiger partial charge >= 0.3 is 0 Å². The van der Waals surface area contributed by atoms with Crippen LogP contribution < -0.4 is 10.6 Å². The van der Waals surface area contributed by atoms with Gasteiger partial charge in [0.05, 0.1) is 11.8 Å². The number of carbonyl (C=O) groups excluding carboxylic acids is 1. The predicted octanol–water partition coefficient (Wildman–Crippen LogP) is 4.04. The third kappa shape index (κ3) is 3.86. The van der Waals surface area contributed by atoms with E-state index in [1.54, 1.807) is 6.26 Å². The highest BCUT2D eigenvalue weighted by atomic mass is 16.3. The van der Waals surface area contributed by atoms with Crippen LogP contribution in [0.2, 0.25) is 0 Å². The Bertz CT molecular complexity index is 1090. The predicted molar refractivity (Wildman–Crippen MR) is 109 cm³/mol. The van der Waals surface area contributed by atoms with Crippen LogP contribution in [0.4, 0.5) is 5.82 Å². The highest BCUT2D eigenvalue weighted by Crippen LogP contribution is 2.24. The first-order valence-electron chi connectivity index (χ1n) is 9.10. The maximum absolute atomic E-state index is 12.2. The summed E-state index contributed by atoms with van der Waals surface area (Å²) in [6.45, 7) is 3.01. The van der Waals surface area contributed by atoms with Gasteiger partial charge in [0.1, 0.15) is 5.82 Å². The van der Waals surface area contributed by atoms with E-state index in [-0.39, 0.29) is 5.91 Å². The number of rotatable bonds is 6. The maximum Gasteiger partial charge on any atom is 0.251 e. The van der Waals surface area contributed by atoms with E-state index < -0.39 is 0 Å². The number of nitrogens with one attached hydrogen (secondary N) is 2. The normalized spacial score (nSPS) is 10.8. The van der Waals surface area contributed by atoms with E-state index >= 15 is 0 Å². The molecule has 2 aromatic carbocycles. The van der Waals surface area contributed by atoms with Crippen LogP contribution in [-0.2, 0) is 0 Å². The SMILES string of the molecule is Cc1ccc(C(=O)NCCNc2nc(-c3ccco3)nc3ccccc23)cc1. The Morgan fingerprint density at radius 3 is 2.57 bits per heavy atom. The maximum atomic E-state index is 12.2. The molecule has 140 valence electrons. The molecule has 28 heavy (non-hydrogen) atoms. The largest absolute Gasteiger partial charge is 0.461 e. The molecule has 0 aliphatic heterocycles. The van der Waals surface area contributed by atoms with Crippen molar-refractivity contribution >= 4 is 22.6 Å². The molecule has 0 saturated carbocycles. The number of amides is 1. The third-order valence-electron chi connectivity index (χ3n) is 4.36. The van der Waals surface area contributed by atoms with Gasteiger partial charge in [0.25, 0.3) is 5.91 Å². The monoisotopic (exact) mass is 372 g/mol. The molecule has 1 amide bonds. The molecule has 0 fully saturated rings. The topological polar surface area (TPSA) is 80.0 Å². The number of hydrogen-bond donors (Lipinski definition) is 2. The van der Waals surface area contributed by atoms with Crippen molar-refractivity contribution in [2.75, 3.05) is 18.4 Å². The number of carbonyl (C=O) groups is 1. The smallest absolute Gasteiger partial charge is 0.251 e. The molecule has 0 aliphatic rings. The van der Waals surface area contributed by atoms with E-state index in [2.05, 4.69) is 20.6 Å². The van der Waals surface area contributed by atoms with Gasteiger partial charge in [0, 0.05) is 24.0 Å². The van der Waals surface area contributed by atoms with Gasteiger partial charge in [0.2, 0.25) is 0 Å². The molecule has 0 unspecified atom stereocenters. The first-order valence-corrected chi connectivity index (χ1v) is 9.10. The number of aromatic nitrogens is 2. The minimum atomic E-state index is -0.0920. The molecular weight excluding hydrogens is 352 g/mol. The molecule has 2 heterocycles. The number of para-hydroxylation sites is 1. The Balaban J connectivity index is 1.45. The fraction of sp³-hybridized carbons (Fsp3) is 0.136. The second kappa shape index (κ2) is 7.92. The van der Waals surface area contributed by atoms with Crippen molar-refractivity contribution in [3.05, 3.63) is 78.1 Å².